The number of ketones is 1. The highest BCUT2D eigenvalue weighted by atomic mass is 32.1. The van der Waals surface area contributed by atoms with Gasteiger partial charge >= 0.3 is 0 Å². The second-order valence-corrected chi connectivity index (χ2v) is 6.25. The van der Waals surface area contributed by atoms with Crippen LogP contribution in [0.2, 0.25) is 0 Å². The van der Waals surface area contributed by atoms with Crippen LogP contribution < -0.4 is 0 Å². The highest BCUT2D eigenvalue weighted by Crippen LogP contribution is 2.29. The van der Waals surface area contributed by atoms with E-state index in [1.165, 1.54) is 22.3 Å². The molecule has 0 N–H and O–H groups in total. The molecule has 9 heteroatoms. The van der Waals surface area contributed by atoms with E-state index in [4.69, 9.17) is 0 Å². The van der Waals surface area contributed by atoms with E-state index in [1.54, 1.807) is 23.1 Å². The fourth-order valence-electron chi connectivity index (χ4n) is 2.73. The van der Waals surface area contributed by atoms with Crippen LogP contribution in [0.5, 0.6) is 0 Å². The van der Waals surface area contributed by atoms with Crippen LogP contribution >= 0.6 is 11.3 Å². The van der Waals surface area contributed by atoms with Crippen molar-refractivity contribution in [3.05, 3.63) is 52.7 Å². The van der Waals surface area contributed by atoms with Crippen LogP contribution in [-0.2, 0) is 7.05 Å². The number of aryl methyl sites for hydroxylation is 1. The summed E-state index contributed by atoms with van der Waals surface area (Å²) < 4.78 is 3.19. The van der Waals surface area contributed by atoms with Gasteiger partial charge in [-0.2, -0.15) is 9.94 Å². The number of benzene rings is 1. The molecule has 0 aliphatic rings. The van der Waals surface area contributed by atoms with E-state index in [-0.39, 0.29) is 5.78 Å². The van der Waals surface area contributed by atoms with E-state index in [1.807, 2.05) is 24.3 Å². The minimum absolute atomic E-state index is 0.318. The van der Waals surface area contributed by atoms with Crippen molar-refractivity contribution in [3.63, 3.8) is 0 Å². The predicted molar refractivity (Wildman–Crippen MR) is 90.4 cm³/mol. The number of aromatic nitrogens is 6. The predicted octanol–water partition coefficient (Wildman–Crippen LogP) is 2.10. The zero-order valence-electron chi connectivity index (χ0n) is 13.1. The molecule has 0 radical (unpaired) electrons. The number of rotatable bonds is 4. The number of carbonyl (C=O) groups is 1. The number of Topliss-reactive ketones (excluding diaryl/α,β-unsaturated/α-hetero) is 1. The minimum atomic E-state index is -1.01. The number of hydrogen-bond acceptors (Lipinski definition) is 7. The first-order chi connectivity index (χ1) is 12.2. The van der Waals surface area contributed by atoms with E-state index in [0.29, 0.717) is 16.4 Å². The third-order valence-electron chi connectivity index (χ3n) is 3.94. The van der Waals surface area contributed by atoms with Crippen LogP contribution in [0.1, 0.15) is 21.4 Å². The molecule has 0 bridgehead atoms. The number of thiophene rings is 1. The molecule has 3 aromatic heterocycles. The summed E-state index contributed by atoms with van der Waals surface area (Å²) in [4.78, 5) is 17.9. The molecule has 0 saturated heterocycles. The second-order valence-electron chi connectivity index (χ2n) is 5.33. The third-order valence-corrected chi connectivity index (χ3v) is 4.85. The quantitative estimate of drug-likeness (QED) is 0.523. The Labute approximate surface area is 146 Å². The fourth-order valence-corrected chi connectivity index (χ4v) is 3.58. The van der Waals surface area contributed by atoms with Gasteiger partial charge in [-0.05, 0) is 34.0 Å². The zero-order chi connectivity index (χ0) is 17.4. The second kappa shape index (κ2) is 5.92. The van der Waals surface area contributed by atoms with Gasteiger partial charge in [0.05, 0.1) is 27.7 Å². The van der Waals surface area contributed by atoms with Crippen LogP contribution in [0.3, 0.4) is 0 Å². The average Bonchev–Trinajstić information content (AvgIpc) is 3.36. The van der Waals surface area contributed by atoms with E-state index < -0.39 is 5.92 Å². The number of nitrogens with zero attached hydrogens (tertiary/aromatic N) is 7. The lowest BCUT2D eigenvalue weighted by Crippen LogP contribution is -2.16. The first-order valence-electron chi connectivity index (χ1n) is 7.36. The average molecular weight is 349 g/mol. The highest BCUT2D eigenvalue weighted by Gasteiger charge is 2.30. The maximum Gasteiger partial charge on any atom is 0.199 e. The molecule has 4 aromatic rings. The molecule has 1 atom stereocenters. The van der Waals surface area contributed by atoms with Gasteiger partial charge in [0.1, 0.15) is 12.2 Å². The monoisotopic (exact) mass is 349 g/mol. The Morgan fingerprint density at radius 2 is 2.16 bits per heavy atom. The molecule has 25 heavy (non-hydrogen) atoms. The van der Waals surface area contributed by atoms with Crippen molar-refractivity contribution in [1.82, 2.24) is 29.8 Å². The molecular formula is C16H11N7OS. The molecule has 1 aromatic carbocycles. The Morgan fingerprint density at radius 1 is 1.32 bits per heavy atom. The van der Waals surface area contributed by atoms with Gasteiger partial charge in [0.15, 0.2) is 11.7 Å². The summed E-state index contributed by atoms with van der Waals surface area (Å²) in [6.07, 6.45) is 1.41. The molecule has 0 amide bonds. The van der Waals surface area contributed by atoms with Crippen molar-refractivity contribution in [2.24, 2.45) is 7.05 Å². The lowest BCUT2D eigenvalue weighted by Gasteiger charge is -2.09. The number of para-hydroxylation sites is 2. The molecular weight excluding hydrogens is 338 g/mol. The summed E-state index contributed by atoms with van der Waals surface area (Å²) in [7, 11) is 1.80. The highest BCUT2D eigenvalue weighted by molar-refractivity contribution is 7.12. The molecule has 8 nitrogen and oxygen atoms in total. The van der Waals surface area contributed by atoms with Gasteiger partial charge in [0, 0.05) is 7.05 Å². The summed E-state index contributed by atoms with van der Waals surface area (Å²) in [5.41, 5.74) is 2.18. The number of nitriles is 1. The van der Waals surface area contributed by atoms with Crippen LogP contribution in [0, 0.1) is 11.3 Å². The first kappa shape index (κ1) is 15.2. The number of carbonyl (C=O) groups excluding carboxylic acids is 1. The third kappa shape index (κ3) is 2.40. The Kier molecular flexibility index (Phi) is 3.59. The van der Waals surface area contributed by atoms with Gasteiger partial charge < -0.3 is 4.57 Å². The SMILES string of the molecule is Cn1c([C@H](C#N)C(=O)c2sccc2-n2cnnn2)nc2ccccc21. The van der Waals surface area contributed by atoms with Crippen molar-refractivity contribution < 1.29 is 4.79 Å². The molecule has 4 rings (SSSR count). The normalized spacial score (nSPS) is 12.2. The summed E-state index contributed by atoms with van der Waals surface area (Å²) in [5.74, 6) is -0.905. The molecule has 0 saturated carbocycles. The van der Waals surface area contributed by atoms with Gasteiger partial charge in [0.25, 0.3) is 0 Å². The molecule has 0 aliphatic carbocycles. The first-order valence-corrected chi connectivity index (χ1v) is 8.24. The number of imidazole rings is 1. The van der Waals surface area contributed by atoms with Gasteiger partial charge in [0.2, 0.25) is 0 Å². The van der Waals surface area contributed by atoms with Gasteiger partial charge in [-0.3, -0.25) is 4.79 Å². The van der Waals surface area contributed by atoms with Crippen molar-refractivity contribution in [2.75, 3.05) is 0 Å². The minimum Gasteiger partial charge on any atom is -0.330 e. The topological polar surface area (TPSA) is 102 Å². The Morgan fingerprint density at radius 3 is 2.88 bits per heavy atom. The largest absolute Gasteiger partial charge is 0.330 e. The smallest absolute Gasteiger partial charge is 0.199 e. The van der Waals surface area contributed by atoms with Crippen LogP contribution in [0.15, 0.2) is 42.0 Å². The van der Waals surface area contributed by atoms with Gasteiger partial charge in [-0.25, -0.2) is 4.98 Å². The van der Waals surface area contributed by atoms with Gasteiger partial charge in [-0.15, -0.1) is 16.4 Å². The van der Waals surface area contributed by atoms with E-state index >= 15 is 0 Å². The molecule has 3 heterocycles. The van der Waals surface area contributed by atoms with E-state index in [0.717, 1.165) is 11.0 Å². The Bertz CT molecular complexity index is 1100. The summed E-state index contributed by atoms with van der Waals surface area (Å²) in [6.45, 7) is 0. The molecule has 0 unspecified atom stereocenters. The van der Waals surface area contributed by atoms with Crippen molar-refractivity contribution >= 4 is 28.2 Å². The zero-order valence-corrected chi connectivity index (χ0v) is 13.9. The number of tetrazole rings is 1. The van der Waals surface area contributed by atoms with Crippen LogP contribution in [0.25, 0.3) is 16.7 Å². The molecule has 122 valence electrons. The molecule has 0 aliphatic heterocycles. The maximum atomic E-state index is 13.0. The fraction of sp³-hybridized carbons (Fsp3) is 0.125. The lowest BCUT2D eigenvalue weighted by atomic mass is 10.0. The summed E-state index contributed by atoms with van der Waals surface area (Å²) in [6, 6.07) is 11.4. The Balaban J connectivity index is 1.80. The van der Waals surface area contributed by atoms with Crippen molar-refractivity contribution in [1.29, 1.82) is 5.26 Å². The van der Waals surface area contributed by atoms with Crippen molar-refractivity contribution in [2.45, 2.75) is 5.92 Å². The van der Waals surface area contributed by atoms with Crippen LogP contribution in [0.4, 0.5) is 0 Å². The Hall–Kier alpha value is -3.38. The van der Waals surface area contributed by atoms with Crippen molar-refractivity contribution in [3.8, 4) is 11.8 Å². The summed E-state index contributed by atoms with van der Waals surface area (Å²) >= 11 is 1.25. The molecule has 0 fully saturated rings. The standard InChI is InChI=1S/C16H11N7OS/c1-22-12-5-3-2-4-11(12)19-16(22)10(8-17)14(24)15-13(6-7-25-15)23-9-18-20-21-23/h2-7,9-10H,1H3/t10-/m1/s1. The lowest BCUT2D eigenvalue weighted by molar-refractivity contribution is 0.0979. The molecule has 0 spiro atoms. The van der Waals surface area contributed by atoms with Gasteiger partial charge in [-0.1, -0.05) is 12.1 Å². The number of fused-ring (bicyclic) bond motifs is 1. The maximum absolute atomic E-state index is 13.0. The van der Waals surface area contributed by atoms with Crippen LogP contribution in [-0.4, -0.2) is 35.5 Å². The van der Waals surface area contributed by atoms with E-state index in [2.05, 4.69) is 26.6 Å². The summed E-state index contributed by atoms with van der Waals surface area (Å²) in [5, 5.41) is 22.4. The van der Waals surface area contributed by atoms with E-state index in [9.17, 15) is 10.1 Å². The number of hydrogen-bond donors (Lipinski definition) is 0.